The second kappa shape index (κ2) is 6.51. The van der Waals surface area contributed by atoms with Crippen molar-refractivity contribution >= 4 is 23.2 Å². The van der Waals surface area contributed by atoms with Gasteiger partial charge in [0.05, 0.1) is 10.7 Å². The van der Waals surface area contributed by atoms with Crippen molar-refractivity contribution < 1.29 is 4.79 Å². The Labute approximate surface area is 101 Å². The summed E-state index contributed by atoms with van der Waals surface area (Å²) in [7, 11) is 0. The number of anilines is 1. The van der Waals surface area contributed by atoms with Gasteiger partial charge >= 0.3 is 0 Å². The van der Waals surface area contributed by atoms with Crippen LogP contribution >= 0.6 is 11.6 Å². The van der Waals surface area contributed by atoms with Crippen LogP contribution in [0.1, 0.15) is 20.3 Å². The largest absolute Gasteiger partial charge is 0.325 e. The summed E-state index contributed by atoms with van der Waals surface area (Å²) in [5, 5.41) is 6.53. The number of halogens is 1. The van der Waals surface area contributed by atoms with Crippen molar-refractivity contribution in [3.05, 3.63) is 29.3 Å². The molecule has 1 unspecified atom stereocenters. The van der Waals surface area contributed by atoms with Gasteiger partial charge in [-0.1, -0.05) is 30.7 Å². The first-order chi connectivity index (χ1) is 7.63. The highest BCUT2D eigenvalue weighted by Crippen LogP contribution is 2.20. The van der Waals surface area contributed by atoms with Crippen molar-refractivity contribution in [1.29, 1.82) is 0 Å². The molecule has 0 aliphatic rings. The van der Waals surface area contributed by atoms with Crippen LogP contribution in [0.5, 0.6) is 0 Å². The first-order valence-electron chi connectivity index (χ1n) is 5.41. The maximum Gasteiger partial charge on any atom is 0.225 e. The lowest BCUT2D eigenvalue weighted by Gasteiger charge is -2.12. The molecule has 88 valence electrons. The third-order valence-electron chi connectivity index (χ3n) is 2.19. The van der Waals surface area contributed by atoms with E-state index in [2.05, 4.69) is 10.6 Å². The number of amides is 1. The fraction of sp³-hybridized carbons (Fsp3) is 0.417. The number of rotatable bonds is 5. The van der Waals surface area contributed by atoms with Crippen LogP contribution in [0.25, 0.3) is 0 Å². The Morgan fingerprint density at radius 1 is 1.44 bits per heavy atom. The predicted molar refractivity (Wildman–Crippen MR) is 67.8 cm³/mol. The Bertz CT molecular complexity index is 355. The second-order valence-corrected chi connectivity index (χ2v) is 4.10. The molecule has 4 heteroatoms. The summed E-state index contributed by atoms with van der Waals surface area (Å²) in [5.41, 5.74) is 0.665. The van der Waals surface area contributed by atoms with Gasteiger partial charge in [0.1, 0.15) is 0 Å². The van der Waals surface area contributed by atoms with Gasteiger partial charge < -0.3 is 10.6 Å². The molecule has 1 aromatic rings. The molecule has 3 nitrogen and oxygen atoms in total. The topological polar surface area (TPSA) is 41.1 Å². The molecule has 16 heavy (non-hydrogen) atoms. The molecule has 0 aliphatic carbocycles. The van der Waals surface area contributed by atoms with Gasteiger partial charge in [-0.3, -0.25) is 4.79 Å². The molecule has 0 saturated carbocycles. The highest BCUT2D eigenvalue weighted by atomic mass is 35.5. The summed E-state index contributed by atoms with van der Waals surface area (Å²) in [6.45, 7) is 4.86. The smallest absolute Gasteiger partial charge is 0.225 e. The number of benzene rings is 1. The Balaban J connectivity index is 2.49. The van der Waals surface area contributed by atoms with E-state index in [9.17, 15) is 4.79 Å². The fourth-order valence-electron chi connectivity index (χ4n) is 1.46. The van der Waals surface area contributed by atoms with Gasteiger partial charge in [-0.2, -0.15) is 0 Å². The lowest BCUT2D eigenvalue weighted by Crippen LogP contribution is -2.30. The summed E-state index contributed by atoms with van der Waals surface area (Å²) in [6, 6.07) is 7.39. The van der Waals surface area contributed by atoms with Crippen LogP contribution in [0.2, 0.25) is 5.02 Å². The average Bonchev–Trinajstić information content (AvgIpc) is 2.21. The highest BCUT2D eigenvalue weighted by Gasteiger charge is 2.09. The van der Waals surface area contributed by atoms with Crippen LogP contribution in [0.3, 0.4) is 0 Å². The van der Waals surface area contributed by atoms with E-state index in [1.54, 1.807) is 12.1 Å². The molecule has 0 spiro atoms. The molecular formula is C12H17ClN2O. The third kappa shape index (κ3) is 4.21. The predicted octanol–water partition coefficient (Wildman–Crippen LogP) is 2.67. The Hall–Kier alpha value is -1.06. The molecule has 0 saturated heterocycles. The lowest BCUT2D eigenvalue weighted by molar-refractivity contribution is -0.116. The normalized spacial score (nSPS) is 12.2. The number of hydrogen-bond acceptors (Lipinski definition) is 2. The molecule has 0 aliphatic heterocycles. The number of carbonyl (C=O) groups excluding carboxylic acids is 1. The summed E-state index contributed by atoms with van der Waals surface area (Å²) in [6.07, 6.45) is 0.444. The van der Waals surface area contributed by atoms with Crippen LogP contribution in [0, 0.1) is 0 Å². The zero-order chi connectivity index (χ0) is 12.0. The third-order valence-corrected chi connectivity index (χ3v) is 2.52. The van der Waals surface area contributed by atoms with Gasteiger partial charge in [0.25, 0.3) is 0 Å². The highest BCUT2D eigenvalue weighted by molar-refractivity contribution is 6.33. The molecule has 0 heterocycles. The maximum atomic E-state index is 11.6. The van der Waals surface area contributed by atoms with Crippen molar-refractivity contribution in [1.82, 2.24) is 5.32 Å². The minimum absolute atomic E-state index is 0.0263. The first-order valence-corrected chi connectivity index (χ1v) is 5.79. The van der Waals surface area contributed by atoms with Gasteiger partial charge in [0, 0.05) is 12.5 Å². The molecule has 1 aromatic carbocycles. The van der Waals surface area contributed by atoms with E-state index in [0.717, 1.165) is 6.54 Å². The van der Waals surface area contributed by atoms with E-state index >= 15 is 0 Å². The van der Waals surface area contributed by atoms with Crippen LogP contribution in [0.4, 0.5) is 5.69 Å². The molecule has 1 atom stereocenters. The average molecular weight is 241 g/mol. The van der Waals surface area contributed by atoms with Crippen LogP contribution < -0.4 is 10.6 Å². The van der Waals surface area contributed by atoms with Gasteiger partial charge in [-0.05, 0) is 25.6 Å². The standard InChI is InChI=1S/C12H17ClN2O/c1-3-14-9(2)8-12(16)15-11-7-5-4-6-10(11)13/h4-7,9,14H,3,8H2,1-2H3,(H,15,16). The quantitative estimate of drug-likeness (QED) is 0.831. The number of hydrogen-bond donors (Lipinski definition) is 2. The van der Waals surface area contributed by atoms with Crippen molar-refractivity contribution in [2.24, 2.45) is 0 Å². The first kappa shape index (κ1) is 13.0. The zero-order valence-electron chi connectivity index (χ0n) is 9.59. The van der Waals surface area contributed by atoms with Crippen LogP contribution in [0.15, 0.2) is 24.3 Å². The summed E-state index contributed by atoms with van der Waals surface area (Å²) in [5.74, 6) is -0.0263. The number of nitrogens with one attached hydrogen (secondary N) is 2. The Morgan fingerprint density at radius 3 is 2.75 bits per heavy atom. The van der Waals surface area contributed by atoms with Crippen molar-refractivity contribution in [2.45, 2.75) is 26.3 Å². The molecule has 1 amide bonds. The zero-order valence-corrected chi connectivity index (χ0v) is 10.3. The number of carbonyl (C=O) groups is 1. The Morgan fingerprint density at radius 2 is 2.12 bits per heavy atom. The minimum atomic E-state index is -0.0263. The van der Waals surface area contributed by atoms with Gasteiger partial charge in [0.2, 0.25) is 5.91 Å². The van der Waals surface area contributed by atoms with Crippen molar-refractivity contribution in [3.8, 4) is 0 Å². The number of para-hydroxylation sites is 1. The van der Waals surface area contributed by atoms with E-state index in [0.29, 0.717) is 17.1 Å². The van der Waals surface area contributed by atoms with E-state index in [1.165, 1.54) is 0 Å². The van der Waals surface area contributed by atoms with Crippen LogP contribution in [-0.2, 0) is 4.79 Å². The fourth-order valence-corrected chi connectivity index (χ4v) is 1.65. The lowest BCUT2D eigenvalue weighted by atomic mass is 10.2. The van der Waals surface area contributed by atoms with Gasteiger partial charge in [0.15, 0.2) is 0 Å². The van der Waals surface area contributed by atoms with Gasteiger partial charge in [-0.15, -0.1) is 0 Å². The molecule has 1 rings (SSSR count). The van der Waals surface area contributed by atoms with Crippen molar-refractivity contribution in [2.75, 3.05) is 11.9 Å². The molecule has 0 aromatic heterocycles. The van der Waals surface area contributed by atoms with Gasteiger partial charge in [-0.25, -0.2) is 0 Å². The summed E-state index contributed by atoms with van der Waals surface area (Å²) < 4.78 is 0. The molecule has 0 bridgehead atoms. The molecule has 0 radical (unpaired) electrons. The second-order valence-electron chi connectivity index (χ2n) is 3.69. The van der Waals surface area contributed by atoms with E-state index in [-0.39, 0.29) is 11.9 Å². The molecule has 0 fully saturated rings. The van der Waals surface area contributed by atoms with E-state index in [1.807, 2.05) is 26.0 Å². The SMILES string of the molecule is CCNC(C)CC(=O)Nc1ccccc1Cl. The maximum absolute atomic E-state index is 11.6. The minimum Gasteiger partial charge on any atom is -0.325 e. The molecular weight excluding hydrogens is 224 g/mol. The Kier molecular flexibility index (Phi) is 5.29. The summed E-state index contributed by atoms with van der Waals surface area (Å²) >= 11 is 5.94. The van der Waals surface area contributed by atoms with Crippen LogP contribution in [-0.4, -0.2) is 18.5 Å². The summed E-state index contributed by atoms with van der Waals surface area (Å²) in [4.78, 5) is 11.6. The van der Waals surface area contributed by atoms with Crippen molar-refractivity contribution in [3.63, 3.8) is 0 Å². The van der Waals surface area contributed by atoms with E-state index in [4.69, 9.17) is 11.6 Å². The molecule has 2 N–H and O–H groups in total. The monoisotopic (exact) mass is 240 g/mol. The van der Waals surface area contributed by atoms with E-state index < -0.39 is 0 Å².